The van der Waals surface area contributed by atoms with E-state index in [0.29, 0.717) is 24.3 Å². The quantitative estimate of drug-likeness (QED) is 0.937. The molecule has 21 heavy (non-hydrogen) atoms. The van der Waals surface area contributed by atoms with E-state index < -0.39 is 9.84 Å². The molecule has 112 valence electrons. The third kappa shape index (κ3) is 3.85. The van der Waals surface area contributed by atoms with Crippen molar-refractivity contribution in [3.8, 4) is 0 Å². The maximum atomic E-state index is 11.4. The number of rotatable bonds is 4. The Bertz CT molecular complexity index is 664. The van der Waals surface area contributed by atoms with Gasteiger partial charge in [-0.05, 0) is 36.6 Å². The predicted molar refractivity (Wildman–Crippen MR) is 83.1 cm³/mol. The average Bonchev–Trinajstić information content (AvgIpc) is 2.96. The first-order valence-electron chi connectivity index (χ1n) is 7.14. The van der Waals surface area contributed by atoms with Crippen LogP contribution < -0.4 is 5.32 Å². The van der Waals surface area contributed by atoms with Crippen LogP contribution in [0.3, 0.4) is 0 Å². The SMILES string of the molecule is O=S1(=O)CCC(Nc2ccc(Cn3cccn3)cc2)CC1. The summed E-state index contributed by atoms with van der Waals surface area (Å²) < 4.78 is 24.7. The summed E-state index contributed by atoms with van der Waals surface area (Å²) in [4.78, 5) is 0. The molecular formula is C15H19N3O2S. The Morgan fingerprint density at radius 1 is 1.19 bits per heavy atom. The fourth-order valence-corrected chi connectivity index (χ4v) is 4.05. The summed E-state index contributed by atoms with van der Waals surface area (Å²) in [7, 11) is -2.79. The van der Waals surface area contributed by atoms with Gasteiger partial charge in [-0.15, -0.1) is 0 Å². The highest BCUT2D eigenvalue weighted by Crippen LogP contribution is 2.18. The molecule has 1 aromatic carbocycles. The lowest BCUT2D eigenvalue weighted by molar-refractivity contribution is 0.559. The van der Waals surface area contributed by atoms with Crippen LogP contribution in [0.25, 0.3) is 0 Å². The van der Waals surface area contributed by atoms with Crippen LogP contribution in [0.15, 0.2) is 42.7 Å². The highest BCUT2D eigenvalue weighted by Gasteiger charge is 2.23. The number of sulfone groups is 1. The largest absolute Gasteiger partial charge is 0.382 e. The molecule has 0 aliphatic carbocycles. The van der Waals surface area contributed by atoms with E-state index in [0.717, 1.165) is 12.2 Å². The Labute approximate surface area is 124 Å². The van der Waals surface area contributed by atoms with E-state index in [1.165, 1.54) is 5.56 Å². The van der Waals surface area contributed by atoms with E-state index in [4.69, 9.17) is 0 Å². The molecule has 0 unspecified atom stereocenters. The standard InChI is InChI=1S/C15H19N3O2S/c19-21(20)10-6-15(7-11-21)17-14-4-2-13(3-5-14)12-18-9-1-8-16-18/h1-5,8-9,15,17H,6-7,10-12H2. The number of hydrogen-bond donors (Lipinski definition) is 1. The zero-order valence-electron chi connectivity index (χ0n) is 11.8. The molecule has 0 atom stereocenters. The molecule has 1 N–H and O–H groups in total. The number of nitrogens with zero attached hydrogens (tertiary/aromatic N) is 2. The molecular weight excluding hydrogens is 286 g/mol. The van der Waals surface area contributed by atoms with Crippen LogP contribution in [0.5, 0.6) is 0 Å². The van der Waals surface area contributed by atoms with Gasteiger partial charge in [-0.3, -0.25) is 4.68 Å². The van der Waals surface area contributed by atoms with E-state index in [2.05, 4.69) is 22.5 Å². The lowest BCUT2D eigenvalue weighted by Crippen LogP contribution is -2.32. The lowest BCUT2D eigenvalue weighted by atomic mass is 10.1. The normalized spacial score (nSPS) is 18.5. The van der Waals surface area contributed by atoms with Gasteiger partial charge in [0.25, 0.3) is 0 Å². The molecule has 1 aliphatic heterocycles. The van der Waals surface area contributed by atoms with E-state index in [9.17, 15) is 8.42 Å². The number of benzene rings is 1. The van der Waals surface area contributed by atoms with Gasteiger partial charge < -0.3 is 5.32 Å². The van der Waals surface area contributed by atoms with Crippen LogP contribution in [0.2, 0.25) is 0 Å². The van der Waals surface area contributed by atoms with Gasteiger partial charge in [0.15, 0.2) is 0 Å². The zero-order valence-corrected chi connectivity index (χ0v) is 12.6. The first-order valence-corrected chi connectivity index (χ1v) is 8.96. The second-order valence-corrected chi connectivity index (χ2v) is 7.77. The second-order valence-electron chi connectivity index (χ2n) is 5.47. The molecule has 5 nitrogen and oxygen atoms in total. The van der Waals surface area contributed by atoms with E-state index in [1.54, 1.807) is 6.20 Å². The topological polar surface area (TPSA) is 64.0 Å². The van der Waals surface area contributed by atoms with Crippen molar-refractivity contribution in [1.29, 1.82) is 0 Å². The van der Waals surface area contributed by atoms with Gasteiger partial charge in [0.2, 0.25) is 0 Å². The maximum absolute atomic E-state index is 11.4. The molecule has 1 fully saturated rings. The maximum Gasteiger partial charge on any atom is 0.150 e. The number of nitrogens with one attached hydrogen (secondary N) is 1. The Morgan fingerprint density at radius 3 is 2.52 bits per heavy atom. The van der Waals surface area contributed by atoms with E-state index >= 15 is 0 Å². The van der Waals surface area contributed by atoms with Gasteiger partial charge in [0.05, 0.1) is 18.1 Å². The van der Waals surface area contributed by atoms with Crippen LogP contribution in [0.4, 0.5) is 5.69 Å². The van der Waals surface area contributed by atoms with Crippen LogP contribution in [-0.2, 0) is 16.4 Å². The van der Waals surface area contributed by atoms with Gasteiger partial charge in [0.1, 0.15) is 9.84 Å². The Hall–Kier alpha value is -1.82. The van der Waals surface area contributed by atoms with Crippen molar-refractivity contribution in [2.45, 2.75) is 25.4 Å². The molecule has 0 spiro atoms. The summed E-state index contributed by atoms with van der Waals surface area (Å²) in [5.41, 5.74) is 2.24. The van der Waals surface area contributed by atoms with Crippen molar-refractivity contribution in [1.82, 2.24) is 9.78 Å². The number of aromatic nitrogens is 2. The molecule has 0 radical (unpaired) electrons. The van der Waals surface area contributed by atoms with Crippen molar-refractivity contribution in [2.24, 2.45) is 0 Å². The number of hydrogen-bond acceptors (Lipinski definition) is 4. The molecule has 0 amide bonds. The molecule has 3 rings (SSSR count). The van der Waals surface area contributed by atoms with Crippen molar-refractivity contribution in [2.75, 3.05) is 16.8 Å². The molecule has 0 saturated carbocycles. The monoisotopic (exact) mass is 305 g/mol. The third-order valence-corrected chi connectivity index (χ3v) is 5.50. The van der Waals surface area contributed by atoms with Crippen molar-refractivity contribution in [3.63, 3.8) is 0 Å². The zero-order chi connectivity index (χ0) is 14.7. The summed E-state index contributed by atoms with van der Waals surface area (Å²) in [5.74, 6) is 0.587. The Morgan fingerprint density at radius 2 is 1.90 bits per heavy atom. The molecule has 6 heteroatoms. The van der Waals surface area contributed by atoms with Crippen LogP contribution >= 0.6 is 0 Å². The van der Waals surface area contributed by atoms with Crippen molar-refractivity contribution < 1.29 is 8.42 Å². The molecule has 2 aromatic rings. The molecule has 1 aromatic heterocycles. The number of anilines is 1. The first kappa shape index (κ1) is 14.1. The Kier molecular flexibility index (Phi) is 3.96. The van der Waals surface area contributed by atoms with Gasteiger partial charge >= 0.3 is 0 Å². The van der Waals surface area contributed by atoms with Crippen LogP contribution in [0, 0.1) is 0 Å². The fraction of sp³-hybridized carbons (Fsp3) is 0.400. The highest BCUT2D eigenvalue weighted by atomic mass is 32.2. The molecule has 0 bridgehead atoms. The lowest BCUT2D eigenvalue weighted by Gasteiger charge is -2.24. The summed E-state index contributed by atoms with van der Waals surface area (Å²) in [5, 5.41) is 7.60. The fourth-order valence-electron chi connectivity index (χ4n) is 2.56. The summed E-state index contributed by atoms with van der Waals surface area (Å²) in [6.45, 7) is 0.759. The predicted octanol–water partition coefficient (Wildman–Crippen LogP) is 1.92. The van der Waals surface area contributed by atoms with E-state index in [-0.39, 0.29) is 6.04 Å². The van der Waals surface area contributed by atoms with E-state index in [1.807, 2.05) is 29.1 Å². The molecule has 2 heterocycles. The Balaban J connectivity index is 1.57. The van der Waals surface area contributed by atoms with Crippen LogP contribution in [0.1, 0.15) is 18.4 Å². The van der Waals surface area contributed by atoms with Crippen molar-refractivity contribution in [3.05, 3.63) is 48.3 Å². The minimum Gasteiger partial charge on any atom is -0.382 e. The smallest absolute Gasteiger partial charge is 0.150 e. The van der Waals surface area contributed by atoms with Gasteiger partial charge in [0, 0.05) is 24.1 Å². The highest BCUT2D eigenvalue weighted by molar-refractivity contribution is 7.91. The minimum absolute atomic E-state index is 0.255. The molecule has 1 aliphatic rings. The third-order valence-electron chi connectivity index (χ3n) is 3.78. The summed E-state index contributed by atoms with van der Waals surface area (Å²) in [6, 6.07) is 10.4. The van der Waals surface area contributed by atoms with Crippen molar-refractivity contribution >= 4 is 15.5 Å². The van der Waals surface area contributed by atoms with Gasteiger partial charge in [-0.1, -0.05) is 12.1 Å². The first-order chi connectivity index (χ1) is 10.1. The van der Waals surface area contributed by atoms with Crippen LogP contribution in [-0.4, -0.2) is 35.7 Å². The van der Waals surface area contributed by atoms with Gasteiger partial charge in [-0.25, -0.2) is 8.42 Å². The minimum atomic E-state index is -2.79. The summed E-state index contributed by atoms with van der Waals surface area (Å²) >= 11 is 0. The molecule has 1 saturated heterocycles. The second kappa shape index (κ2) is 5.89. The summed E-state index contributed by atoms with van der Waals surface area (Å²) in [6.07, 6.45) is 5.09. The average molecular weight is 305 g/mol. The van der Waals surface area contributed by atoms with Gasteiger partial charge in [-0.2, -0.15) is 5.10 Å².